The van der Waals surface area contributed by atoms with E-state index in [4.69, 9.17) is 4.98 Å². The molecule has 2 aromatic heterocycles. The SMILES string of the molecule is N#Cc1ccc2nc(N3CCN4CCCC4C3)c3ncncc3c2c1. The Labute approximate surface area is 145 Å². The lowest BCUT2D eigenvalue weighted by molar-refractivity contribution is 0.230. The summed E-state index contributed by atoms with van der Waals surface area (Å²) in [5.74, 6) is 0.946. The Morgan fingerprint density at radius 2 is 2.12 bits per heavy atom. The summed E-state index contributed by atoms with van der Waals surface area (Å²) in [5, 5.41) is 11.1. The van der Waals surface area contributed by atoms with Crippen LogP contribution in [0.5, 0.6) is 0 Å². The van der Waals surface area contributed by atoms with Crippen molar-refractivity contribution in [3.63, 3.8) is 0 Å². The van der Waals surface area contributed by atoms with Crippen molar-refractivity contribution in [3.05, 3.63) is 36.3 Å². The van der Waals surface area contributed by atoms with Gasteiger partial charge in [0.2, 0.25) is 0 Å². The molecule has 0 amide bonds. The van der Waals surface area contributed by atoms with Gasteiger partial charge >= 0.3 is 0 Å². The molecule has 0 N–H and O–H groups in total. The molecule has 0 spiro atoms. The van der Waals surface area contributed by atoms with E-state index < -0.39 is 0 Å². The van der Waals surface area contributed by atoms with Gasteiger partial charge in [-0.15, -0.1) is 0 Å². The van der Waals surface area contributed by atoms with Crippen molar-refractivity contribution in [2.45, 2.75) is 18.9 Å². The molecule has 1 aromatic carbocycles. The van der Waals surface area contributed by atoms with Crippen LogP contribution in [0.25, 0.3) is 21.8 Å². The van der Waals surface area contributed by atoms with Crippen LogP contribution in [-0.4, -0.2) is 52.1 Å². The number of aromatic nitrogens is 3. The van der Waals surface area contributed by atoms with E-state index in [0.717, 1.165) is 47.3 Å². The van der Waals surface area contributed by atoms with Gasteiger partial charge < -0.3 is 4.90 Å². The summed E-state index contributed by atoms with van der Waals surface area (Å²) >= 11 is 0. The molecular weight excluding hydrogens is 312 g/mol. The van der Waals surface area contributed by atoms with Crippen molar-refractivity contribution in [2.24, 2.45) is 0 Å². The van der Waals surface area contributed by atoms with Crippen LogP contribution < -0.4 is 4.90 Å². The zero-order valence-electron chi connectivity index (χ0n) is 13.9. The Bertz CT molecular complexity index is 1010. The molecule has 0 bridgehead atoms. The molecule has 5 rings (SSSR count). The lowest BCUT2D eigenvalue weighted by Gasteiger charge is -2.38. The molecule has 124 valence electrons. The van der Waals surface area contributed by atoms with Gasteiger partial charge in [0.15, 0.2) is 5.82 Å². The average Bonchev–Trinajstić information content (AvgIpc) is 3.14. The number of nitrogens with zero attached hydrogens (tertiary/aromatic N) is 6. The van der Waals surface area contributed by atoms with Gasteiger partial charge in [-0.1, -0.05) is 0 Å². The van der Waals surface area contributed by atoms with Crippen LogP contribution in [0.2, 0.25) is 0 Å². The maximum absolute atomic E-state index is 9.20. The fraction of sp³-hybridized carbons (Fsp3) is 0.368. The van der Waals surface area contributed by atoms with Gasteiger partial charge in [0.05, 0.1) is 17.1 Å². The molecule has 3 aromatic rings. The van der Waals surface area contributed by atoms with Crippen LogP contribution >= 0.6 is 0 Å². The first-order valence-corrected chi connectivity index (χ1v) is 8.76. The fourth-order valence-electron chi connectivity index (χ4n) is 4.19. The molecule has 2 aliphatic heterocycles. The van der Waals surface area contributed by atoms with Crippen LogP contribution in [-0.2, 0) is 0 Å². The van der Waals surface area contributed by atoms with Crippen LogP contribution in [0.4, 0.5) is 5.82 Å². The van der Waals surface area contributed by atoms with E-state index in [1.807, 2.05) is 24.4 Å². The van der Waals surface area contributed by atoms with Crippen LogP contribution in [0, 0.1) is 11.3 Å². The van der Waals surface area contributed by atoms with Crippen molar-refractivity contribution in [1.82, 2.24) is 19.9 Å². The van der Waals surface area contributed by atoms with Crippen LogP contribution in [0.15, 0.2) is 30.7 Å². The lowest BCUT2D eigenvalue weighted by Crippen LogP contribution is -2.50. The second-order valence-corrected chi connectivity index (χ2v) is 6.84. The normalized spacial score (nSPS) is 20.8. The van der Waals surface area contributed by atoms with E-state index in [-0.39, 0.29) is 0 Å². The van der Waals surface area contributed by atoms with Gasteiger partial charge in [0.1, 0.15) is 11.8 Å². The minimum atomic E-state index is 0.629. The molecule has 1 atom stereocenters. The van der Waals surface area contributed by atoms with Gasteiger partial charge in [0, 0.05) is 42.6 Å². The summed E-state index contributed by atoms with van der Waals surface area (Å²) < 4.78 is 0. The van der Waals surface area contributed by atoms with E-state index in [9.17, 15) is 5.26 Å². The highest BCUT2D eigenvalue weighted by molar-refractivity contribution is 6.08. The molecule has 0 aliphatic carbocycles. The number of pyridine rings is 1. The predicted octanol–water partition coefficient (Wildman–Crippen LogP) is 2.33. The number of anilines is 1. The third-order valence-corrected chi connectivity index (χ3v) is 5.45. The van der Waals surface area contributed by atoms with Crippen LogP contribution in [0.1, 0.15) is 18.4 Å². The number of rotatable bonds is 1. The first-order chi connectivity index (χ1) is 12.3. The first-order valence-electron chi connectivity index (χ1n) is 8.76. The summed E-state index contributed by atoms with van der Waals surface area (Å²) in [7, 11) is 0. The Morgan fingerprint density at radius 1 is 1.16 bits per heavy atom. The molecule has 0 radical (unpaired) electrons. The van der Waals surface area contributed by atoms with E-state index >= 15 is 0 Å². The highest BCUT2D eigenvalue weighted by atomic mass is 15.3. The van der Waals surface area contributed by atoms with E-state index in [0.29, 0.717) is 11.6 Å². The molecule has 2 saturated heterocycles. The molecule has 0 saturated carbocycles. The van der Waals surface area contributed by atoms with Gasteiger partial charge in [-0.05, 0) is 37.6 Å². The number of piperazine rings is 1. The predicted molar refractivity (Wildman–Crippen MR) is 96.4 cm³/mol. The van der Waals surface area contributed by atoms with Crippen molar-refractivity contribution >= 4 is 27.6 Å². The minimum Gasteiger partial charge on any atom is -0.352 e. The summed E-state index contributed by atoms with van der Waals surface area (Å²) in [6.07, 6.45) is 5.98. The molecule has 4 heterocycles. The van der Waals surface area contributed by atoms with Crippen LogP contribution in [0.3, 0.4) is 0 Å². The zero-order chi connectivity index (χ0) is 16.8. The molecule has 25 heavy (non-hydrogen) atoms. The van der Waals surface area contributed by atoms with Gasteiger partial charge in [0.25, 0.3) is 0 Å². The number of fused-ring (bicyclic) bond motifs is 4. The third-order valence-electron chi connectivity index (χ3n) is 5.45. The molecule has 2 fully saturated rings. The Balaban J connectivity index is 1.68. The van der Waals surface area contributed by atoms with Gasteiger partial charge in [-0.2, -0.15) is 5.26 Å². The summed E-state index contributed by atoms with van der Waals surface area (Å²) in [6.45, 7) is 4.30. The standard InChI is InChI=1S/C19H18N6/c20-9-13-3-4-17-15(8-13)16-10-21-12-22-18(16)19(23-17)25-7-6-24-5-1-2-14(24)11-25/h3-4,8,10,12,14H,1-2,5-7,11H2. The molecule has 2 aliphatic rings. The zero-order valence-corrected chi connectivity index (χ0v) is 13.9. The van der Waals surface area contributed by atoms with Gasteiger partial charge in [-0.25, -0.2) is 15.0 Å². The minimum absolute atomic E-state index is 0.629. The largest absolute Gasteiger partial charge is 0.352 e. The number of nitriles is 1. The van der Waals surface area contributed by atoms with E-state index in [2.05, 4.69) is 25.8 Å². The number of hydrogen-bond donors (Lipinski definition) is 0. The molecule has 6 heteroatoms. The van der Waals surface area contributed by atoms with E-state index in [1.165, 1.54) is 19.4 Å². The maximum atomic E-state index is 9.20. The second-order valence-electron chi connectivity index (χ2n) is 6.84. The monoisotopic (exact) mass is 330 g/mol. The number of benzene rings is 1. The Kier molecular flexibility index (Phi) is 3.28. The Morgan fingerprint density at radius 3 is 3.04 bits per heavy atom. The fourth-order valence-corrected chi connectivity index (χ4v) is 4.19. The smallest absolute Gasteiger partial charge is 0.156 e. The highest BCUT2D eigenvalue weighted by Crippen LogP contribution is 2.32. The highest BCUT2D eigenvalue weighted by Gasteiger charge is 2.32. The van der Waals surface area contributed by atoms with E-state index in [1.54, 1.807) is 6.33 Å². The quantitative estimate of drug-likeness (QED) is 0.638. The van der Waals surface area contributed by atoms with Crippen molar-refractivity contribution < 1.29 is 0 Å². The maximum Gasteiger partial charge on any atom is 0.156 e. The second kappa shape index (κ2) is 5.64. The first kappa shape index (κ1) is 14.6. The van der Waals surface area contributed by atoms with Crippen molar-refractivity contribution in [1.29, 1.82) is 5.26 Å². The number of hydrogen-bond acceptors (Lipinski definition) is 6. The molecule has 1 unspecified atom stereocenters. The van der Waals surface area contributed by atoms with Gasteiger partial charge in [-0.3, -0.25) is 4.90 Å². The molecular formula is C19H18N6. The topological polar surface area (TPSA) is 68.9 Å². The lowest BCUT2D eigenvalue weighted by atomic mass is 10.1. The molecule has 6 nitrogen and oxygen atoms in total. The third kappa shape index (κ3) is 2.31. The summed E-state index contributed by atoms with van der Waals surface area (Å²) in [4.78, 5) is 18.6. The van der Waals surface area contributed by atoms with Crippen molar-refractivity contribution in [3.8, 4) is 6.07 Å². The average molecular weight is 330 g/mol. The van der Waals surface area contributed by atoms with Crippen molar-refractivity contribution in [2.75, 3.05) is 31.1 Å². The summed E-state index contributed by atoms with van der Waals surface area (Å²) in [6, 6.07) is 8.46. The Hall–Kier alpha value is -2.78. The summed E-state index contributed by atoms with van der Waals surface area (Å²) in [5.41, 5.74) is 2.40.